The molecule has 1 atom stereocenters. The second-order valence-electron chi connectivity index (χ2n) is 7.78. The van der Waals surface area contributed by atoms with Gasteiger partial charge in [0.2, 0.25) is 5.91 Å². The SMILES string of the molecule is CCC1(CC)CC1C(=O)N1CCC(n2cc(C3CC3)nn2)CC1. The Bertz CT molecular complexity index is 580. The number of hydrogen-bond acceptors (Lipinski definition) is 3. The van der Waals surface area contributed by atoms with Crippen molar-refractivity contribution in [2.75, 3.05) is 13.1 Å². The lowest BCUT2D eigenvalue weighted by Gasteiger charge is -2.32. The molecular formula is C18H28N4O. The summed E-state index contributed by atoms with van der Waals surface area (Å²) in [5.74, 6) is 1.36. The first-order chi connectivity index (χ1) is 11.2. The molecule has 1 aromatic rings. The van der Waals surface area contributed by atoms with Gasteiger partial charge in [-0.25, -0.2) is 4.68 Å². The van der Waals surface area contributed by atoms with E-state index in [0.717, 1.165) is 50.9 Å². The molecular weight excluding hydrogens is 288 g/mol. The van der Waals surface area contributed by atoms with E-state index in [1.807, 2.05) is 0 Å². The first-order valence-corrected chi connectivity index (χ1v) is 9.37. The standard InChI is InChI=1S/C18H28N4O/c1-3-18(4-2)11-15(18)17(23)21-9-7-14(8-10-21)22-12-16(19-20-22)13-5-6-13/h12-15H,3-11H2,1-2H3. The average Bonchev–Trinajstić information content (AvgIpc) is 3.52. The average molecular weight is 316 g/mol. The number of rotatable bonds is 5. The number of hydrogen-bond donors (Lipinski definition) is 0. The van der Waals surface area contributed by atoms with Crippen molar-refractivity contribution in [3.8, 4) is 0 Å². The minimum absolute atomic E-state index is 0.293. The predicted molar refractivity (Wildman–Crippen MR) is 88.0 cm³/mol. The van der Waals surface area contributed by atoms with Gasteiger partial charge in [0.15, 0.2) is 0 Å². The van der Waals surface area contributed by atoms with Gasteiger partial charge < -0.3 is 4.90 Å². The van der Waals surface area contributed by atoms with Crippen LogP contribution in [0.4, 0.5) is 0 Å². The van der Waals surface area contributed by atoms with Gasteiger partial charge in [0.1, 0.15) is 0 Å². The van der Waals surface area contributed by atoms with Crippen LogP contribution in [-0.4, -0.2) is 38.9 Å². The van der Waals surface area contributed by atoms with Crippen molar-refractivity contribution in [3.63, 3.8) is 0 Å². The van der Waals surface area contributed by atoms with Gasteiger partial charge in [0.05, 0.1) is 11.7 Å². The van der Waals surface area contributed by atoms with E-state index in [1.165, 1.54) is 12.8 Å². The number of piperidine rings is 1. The first-order valence-electron chi connectivity index (χ1n) is 9.37. The van der Waals surface area contributed by atoms with Crippen LogP contribution in [0.15, 0.2) is 6.20 Å². The fourth-order valence-corrected chi connectivity index (χ4v) is 4.33. The largest absolute Gasteiger partial charge is 0.342 e. The summed E-state index contributed by atoms with van der Waals surface area (Å²) in [4.78, 5) is 14.8. The zero-order chi connectivity index (χ0) is 16.0. The van der Waals surface area contributed by atoms with Crippen LogP contribution in [0, 0.1) is 11.3 Å². The minimum Gasteiger partial charge on any atom is -0.342 e. The minimum atomic E-state index is 0.293. The van der Waals surface area contributed by atoms with Crippen molar-refractivity contribution in [1.82, 2.24) is 19.9 Å². The first kappa shape index (κ1) is 15.2. The highest BCUT2D eigenvalue weighted by Crippen LogP contribution is 2.58. The van der Waals surface area contributed by atoms with Crippen LogP contribution in [0.2, 0.25) is 0 Å². The van der Waals surface area contributed by atoms with Crippen LogP contribution in [0.1, 0.15) is 76.4 Å². The van der Waals surface area contributed by atoms with Gasteiger partial charge >= 0.3 is 0 Å². The Morgan fingerprint density at radius 2 is 1.91 bits per heavy atom. The van der Waals surface area contributed by atoms with E-state index in [9.17, 15) is 4.79 Å². The molecule has 5 heteroatoms. The molecule has 5 nitrogen and oxygen atoms in total. The third kappa shape index (κ3) is 2.68. The quantitative estimate of drug-likeness (QED) is 0.838. The fraction of sp³-hybridized carbons (Fsp3) is 0.833. The molecule has 1 amide bonds. The molecule has 1 saturated heterocycles. The smallest absolute Gasteiger partial charge is 0.226 e. The highest BCUT2D eigenvalue weighted by Gasteiger charge is 2.56. The van der Waals surface area contributed by atoms with Gasteiger partial charge in [-0.1, -0.05) is 19.1 Å². The zero-order valence-electron chi connectivity index (χ0n) is 14.4. The lowest BCUT2D eigenvalue weighted by Crippen LogP contribution is -2.40. The van der Waals surface area contributed by atoms with E-state index in [4.69, 9.17) is 0 Å². The fourth-order valence-electron chi connectivity index (χ4n) is 4.33. The second kappa shape index (κ2) is 5.60. The summed E-state index contributed by atoms with van der Waals surface area (Å²) < 4.78 is 2.05. The summed E-state index contributed by atoms with van der Waals surface area (Å²) in [5, 5.41) is 8.65. The number of carbonyl (C=O) groups excluding carboxylic acids is 1. The summed E-state index contributed by atoms with van der Waals surface area (Å²) in [7, 11) is 0. The molecule has 3 fully saturated rings. The highest BCUT2D eigenvalue weighted by molar-refractivity contribution is 5.82. The molecule has 1 aromatic heterocycles. The van der Waals surface area contributed by atoms with Crippen LogP contribution in [0.25, 0.3) is 0 Å². The van der Waals surface area contributed by atoms with Crippen LogP contribution >= 0.6 is 0 Å². The number of carbonyl (C=O) groups is 1. The van der Waals surface area contributed by atoms with Crippen LogP contribution in [-0.2, 0) is 4.79 Å². The Hall–Kier alpha value is -1.39. The van der Waals surface area contributed by atoms with E-state index in [2.05, 4.69) is 39.9 Å². The number of nitrogens with zero attached hydrogens (tertiary/aromatic N) is 4. The summed E-state index contributed by atoms with van der Waals surface area (Å²) in [6, 6.07) is 0.417. The molecule has 0 radical (unpaired) electrons. The van der Waals surface area contributed by atoms with Gasteiger partial charge in [-0.2, -0.15) is 0 Å². The summed E-state index contributed by atoms with van der Waals surface area (Å²) >= 11 is 0. The molecule has 2 saturated carbocycles. The maximum Gasteiger partial charge on any atom is 0.226 e. The molecule has 3 aliphatic rings. The monoisotopic (exact) mass is 316 g/mol. The molecule has 0 spiro atoms. The Morgan fingerprint density at radius 3 is 2.48 bits per heavy atom. The van der Waals surface area contributed by atoms with Crippen molar-refractivity contribution in [2.45, 2.75) is 70.8 Å². The van der Waals surface area contributed by atoms with Gasteiger partial charge in [-0.3, -0.25) is 4.79 Å². The van der Waals surface area contributed by atoms with E-state index in [0.29, 0.717) is 29.2 Å². The number of likely N-dealkylation sites (tertiary alicyclic amines) is 1. The molecule has 23 heavy (non-hydrogen) atoms. The van der Waals surface area contributed by atoms with Crippen LogP contribution in [0.5, 0.6) is 0 Å². The van der Waals surface area contributed by atoms with Gasteiger partial charge in [0.25, 0.3) is 0 Å². The Kier molecular flexibility index (Phi) is 3.69. The zero-order valence-corrected chi connectivity index (χ0v) is 14.4. The van der Waals surface area contributed by atoms with Crippen molar-refractivity contribution in [1.29, 1.82) is 0 Å². The maximum atomic E-state index is 12.7. The molecule has 0 N–H and O–H groups in total. The molecule has 4 rings (SSSR count). The second-order valence-corrected chi connectivity index (χ2v) is 7.78. The molecule has 126 valence electrons. The maximum absolute atomic E-state index is 12.7. The van der Waals surface area contributed by atoms with E-state index >= 15 is 0 Å². The van der Waals surface area contributed by atoms with E-state index in [1.54, 1.807) is 0 Å². The lowest BCUT2D eigenvalue weighted by molar-refractivity contribution is -0.134. The van der Waals surface area contributed by atoms with Crippen LogP contribution in [0.3, 0.4) is 0 Å². The summed E-state index contributed by atoms with van der Waals surface area (Å²) in [6.07, 6.45) is 10.1. The summed E-state index contributed by atoms with van der Waals surface area (Å²) in [5.41, 5.74) is 1.48. The molecule has 1 aliphatic heterocycles. The van der Waals surface area contributed by atoms with Crippen molar-refractivity contribution in [3.05, 3.63) is 11.9 Å². The van der Waals surface area contributed by atoms with Crippen molar-refractivity contribution >= 4 is 5.91 Å². The van der Waals surface area contributed by atoms with E-state index in [-0.39, 0.29) is 0 Å². The molecule has 0 aromatic carbocycles. The van der Waals surface area contributed by atoms with Gasteiger partial charge in [-0.05, 0) is 50.4 Å². The van der Waals surface area contributed by atoms with Gasteiger partial charge in [-0.15, -0.1) is 5.10 Å². The van der Waals surface area contributed by atoms with E-state index < -0.39 is 0 Å². The van der Waals surface area contributed by atoms with Crippen molar-refractivity contribution in [2.24, 2.45) is 11.3 Å². The van der Waals surface area contributed by atoms with Crippen molar-refractivity contribution < 1.29 is 4.79 Å². The normalized spacial score (nSPS) is 27.2. The number of amides is 1. The Morgan fingerprint density at radius 1 is 1.22 bits per heavy atom. The molecule has 2 aliphatic carbocycles. The topological polar surface area (TPSA) is 51.0 Å². The highest BCUT2D eigenvalue weighted by atomic mass is 16.2. The van der Waals surface area contributed by atoms with Crippen LogP contribution < -0.4 is 0 Å². The molecule has 2 heterocycles. The van der Waals surface area contributed by atoms with Gasteiger partial charge in [0, 0.05) is 31.1 Å². The predicted octanol–water partition coefficient (Wildman–Crippen LogP) is 3.15. The third-order valence-electron chi connectivity index (χ3n) is 6.57. The third-order valence-corrected chi connectivity index (χ3v) is 6.57. The number of aromatic nitrogens is 3. The Labute approximate surface area is 138 Å². The molecule has 1 unspecified atom stereocenters. The summed E-state index contributed by atoms with van der Waals surface area (Å²) in [6.45, 7) is 6.21. The molecule has 0 bridgehead atoms. The lowest BCUT2D eigenvalue weighted by atomic mass is 9.96. The Balaban J connectivity index is 1.33.